The number of amides is 1. The maximum absolute atomic E-state index is 14.5. The number of methoxy groups -OCH3 is 1. The van der Waals surface area contributed by atoms with Gasteiger partial charge in [0.1, 0.15) is 17.4 Å². The lowest BCUT2D eigenvalue weighted by molar-refractivity contribution is -0.120. The highest BCUT2D eigenvalue weighted by Gasteiger charge is 2.42. The Morgan fingerprint density at radius 3 is 2.55 bits per heavy atom. The van der Waals surface area contributed by atoms with Crippen LogP contribution in [0.3, 0.4) is 0 Å². The third kappa shape index (κ3) is 4.11. The molecular weight excluding hydrogens is 424 g/mol. The normalized spacial score (nSPS) is 19.5. The van der Waals surface area contributed by atoms with Crippen LogP contribution in [-0.2, 0) is 11.2 Å². The van der Waals surface area contributed by atoms with Gasteiger partial charge in [-0.3, -0.25) is 4.79 Å². The van der Waals surface area contributed by atoms with Crippen molar-refractivity contribution >= 4 is 23.0 Å². The first-order valence-corrected chi connectivity index (χ1v) is 11.0. The summed E-state index contributed by atoms with van der Waals surface area (Å²) < 4.78 is 33.3. The van der Waals surface area contributed by atoms with Gasteiger partial charge >= 0.3 is 0 Å². The molecule has 1 saturated heterocycles. The molecule has 7 heteroatoms. The number of piperazine rings is 1. The van der Waals surface area contributed by atoms with Crippen LogP contribution in [0.1, 0.15) is 5.56 Å². The summed E-state index contributed by atoms with van der Waals surface area (Å²) in [6.07, 6.45) is 0.554. The Labute approximate surface area is 191 Å². The number of carbonyl (C=O) groups is 1. The summed E-state index contributed by atoms with van der Waals surface area (Å²) >= 11 is 0. The molecule has 5 rings (SSSR count). The second kappa shape index (κ2) is 8.73. The van der Waals surface area contributed by atoms with Crippen molar-refractivity contribution in [2.24, 2.45) is 5.92 Å². The topological polar surface area (TPSA) is 44.8 Å². The van der Waals surface area contributed by atoms with Crippen molar-refractivity contribution in [3.05, 3.63) is 83.9 Å². The zero-order valence-corrected chi connectivity index (χ0v) is 18.3. The smallest absolute Gasteiger partial charge is 0.229 e. The van der Waals surface area contributed by atoms with Crippen LogP contribution in [0.25, 0.3) is 0 Å². The number of carbonyl (C=O) groups excluding carboxylic acids is 1. The van der Waals surface area contributed by atoms with Crippen molar-refractivity contribution in [2.75, 3.05) is 41.9 Å². The largest absolute Gasteiger partial charge is 0.497 e. The van der Waals surface area contributed by atoms with Crippen LogP contribution in [0, 0.1) is 17.6 Å². The highest BCUT2D eigenvalue weighted by atomic mass is 19.1. The SMILES string of the molecule is COc1ccc2c(c1)N1CCN(c3ccccc3F)CC1C(C(=O)Nc1ccc(F)cc1)C2. The van der Waals surface area contributed by atoms with Crippen LogP contribution < -0.4 is 19.9 Å². The van der Waals surface area contributed by atoms with E-state index < -0.39 is 0 Å². The summed E-state index contributed by atoms with van der Waals surface area (Å²) in [4.78, 5) is 17.7. The van der Waals surface area contributed by atoms with E-state index in [-0.39, 0.29) is 29.5 Å². The van der Waals surface area contributed by atoms with Crippen molar-refractivity contribution in [1.82, 2.24) is 0 Å². The van der Waals surface area contributed by atoms with E-state index in [1.165, 1.54) is 18.2 Å². The number of nitrogens with one attached hydrogen (secondary N) is 1. The molecular formula is C26H25F2N3O2. The molecule has 0 aliphatic carbocycles. The minimum absolute atomic E-state index is 0.131. The van der Waals surface area contributed by atoms with Gasteiger partial charge in [0.05, 0.1) is 24.8 Å². The van der Waals surface area contributed by atoms with Gasteiger partial charge in [0.15, 0.2) is 0 Å². The van der Waals surface area contributed by atoms with Gasteiger partial charge in [-0.05, 0) is 54.4 Å². The number of nitrogens with zero attached hydrogens (tertiary/aromatic N) is 2. The zero-order chi connectivity index (χ0) is 22.9. The number of hydrogen-bond acceptors (Lipinski definition) is 4. The van der Waals surface area contributed by atoms with E-state index in [0.717, 1.165) is 17.0 Å². The van der Waals surface area contributed by atoms with Gasteiger partial charge in [-0.25, -0.2) is 8.78 Å². The predicted octanol–water partition coefficient (Wildman–Crippen LogP) is 4.48. The van der Waals surface area contributed by atoms with Gasteiger partial charge < -0.3 is 19.9 Å². The molecule has 0 saturated carbocycles. The lowest BCUT2D eigenvalue weighted by Crippen LogP contribution is -2.60. The van der Waals surface area contributed by atoms with E-state index in [1.807, 2.05) is 29.2 Å². The first-order valence-electron chi connectivity index (χ1n) is 11.0. The van der Waals surface area contributed by atoms with Crippen molar-refractivity contribution < 1.29 is 18.3 Å². The van der Waals surface area contributed by atoms with Crippen molar-refractivity contribution in [3.8, 4) is 5.75 Å². The summed E-state index contributed by atoms with van der Waals surface area (Å²) in [6.45, 7) is 1.80. The van der Waals surface area contributed by atoms with Gasteiger partial charge in [0.2, 0.25) is 5.91 Å². The molecule has 1 fully saturated rings. The Hall–Kier alpha value is -3.61. The molecule has 0 spiro atoms. The Morgan fingerprint density at radius 1 is 1.00 bits per heavy atom. The molecule has 0 bridgehead atoms. The molecule has 1 amide bonds. The molecule has 2 aliphatic rings. The highest BCUT2D eigenvalue weighted by Crippen LogP contribution is 2.39. The minimum atomic E-state index is -0.356. The van der Waals surface area contributed by atoms with Gasteiger partial charge in [-0.2, -0.15) is 0 Å². The van der Waals surface area contributed by atoms with Gasteiger partial charge in [-0.15, -0.1) is 0 Å². The lowest BCUT2D eigenvalue weighted by Gasteiger charge is -2.49. The van der Waals surface area contributed by atoms with E-state index in [1.54, 1.807) is 31.4 Å². The molecule has 2 atom stereocenters. The molecule has 33 heavy (non-hydrogen) atoms. The summed E-state index contributed by atoms with van der Waals surface area (Å²) in [6, 6.07) is 18.3. The molecule has 2 aliphatic heterocycles. The maximum Gasteiger partial charge on any atom is 0.229 e. The van der Waals surface area contributed by atoms with Crippen LogP contribution in [0.2, 0.25) is 0 Å². The van der Waals surface area contributed by atoms with Crippen molar-refractivity contribution in [1.29, 1.82) is 0 Å². The fourth-order valence-electron chi connectivity index (χ4n) is 4.90. The predicted molar refractivity (Wildman–Crippen MR) is 125 cm³/mol. The summed E-state index contributed by atoms with van der Waals surface area (Å²) in [7, 11) is 1.64. The highest BCUT2D eigenvalue weighted by molar-refractivity contribution is 5.94. The number of rotatable bonds is 4. The number of ether oxygens (including phenoxy) is 1. The van der Waals surface area contributed by atoms with Crippen LogP contribution in [0.4, 0.5) is 25.8 Å². The van der Waals surface area contributed by atoms with Crippen LogP contribution in [-0.4, -0.2) is 38.7 Å². The summed E-state index contributed by atoms with van der Waals surface area (Å²) in [5, 5.41) is 2.94. The van der Waals surface area contributed by atoms with E-state index in [4.69, 9.17) is 4.74 Å². The quantitative estimate of drug-likeness (QED) is 0.638. The Balaban J connectivity index is 1.47. The monoisotopic (exact) mass is 449 g/mol. The summed E-state index contributed by atoms with van der Waals surface area (Å²) in [5.41, 5.74) is 3.23. The number of halogens is 2. The number of benzene rings is 3. The first-order chi connectivity index (χ1) is 16.0. The molecule has 3 aromatic rings. The zero-order valence-electron chi connectivity index (χ0n) is 18.3. The number of fused-ring (bicyclic) bond motifs is 3. The number of para-hydroxylation sites is 1. The average Bonchev–Trinajstić information content (AvgIpc) is 2.84. The molecule has 2 heterocycles. The molecule has 1 N–H and O–H groups in total. The maximum atomic E-state index is 14.5. The first kappa shape index (κ1) is 21.2. The fraction of sp³-hybridized carbons (Fsp3) is 0.269. The fourth-order valence-corrected chi connectivity index (χ4v) is 4.90. The van der Waals surface area contributed by atoms with Gasteiger partial charge in [0, 0.05) is 37.1 Å². The number of hydrogen-bond donors (Lipinski definition) is 1. The average molecular weight is 450 g/mol. The summed E-state index contributed by atoms with van der Waals surface area (Å²) in [5.74, 6) is -0.346. The van der Waals surface area contributed by atoms with Gasteiger partial charge in [0.25, 0.3) is 0 Å². The Bertz CT molecular complexity index is 1170. The molecule has 0 aromatic heterocycles. The Kier molecular flexibility index (Phi) is 5.62. The van der Waals surface area contributed by atoms with E-state index in [2.05, 4.69) is 10.2 Å². The van der Waals surface area contributed by atoms with E-state index >= 15 is 0 Å². The van der Waals surface area contributed by atoms with E-state index in [0.29, 0.717) is 37.4 Å². The van der Waals surface area contributed by atoms with Gasteiger partial charge in [-0.1, -0.05) is 18.2 Å². The van der Waals surface area contributed by atoms with Crippen molar-refractivity contribution in [2.45, 2.75) is 12.5 Å². The molecule has 0 radical (unpaired) electrons. The molecule has 2 unspecified atom stereocenters. The van der Waals surface area contributed by atoms with Crippen LogP contribution >= 0.6 is 0 Å². The Morgan fingerprint density at radius 2 is 1.79 bits per heavy atom. The van der Waals surface area contributed by atoms with Crippen LogP contribution in [0.5, 0.6) is 5.75 Å². The standard InChI is InChI=1S/C26H25F2N3O2/c1-33-20-11-6-17-14-21(26(32)29-19-9-7-18(27)8-10-19)25-16-30(12-13-31(25)24(17)15-20)23-5-3-2-4-22(23)28/h2-11,15,21,25H,12-14,16H2,1H3,(H,29,32). The molecule has 170 valence electrons. The van der Waals surface area contributed by atoms with E-state index in [9.17, 15) is 13.6 Å². The number of anilines is 3. The van der Waals surface area contributed by atoms with Crippen molar-refractivity contribution in [3.63, 3.8) is 0 Å². The third-order valence-electron chi connectivity index (χ3n) is 6.57. The molecule has 3 aromatic carbocycles. The second-order valence-corrected chi connectivity index (χ2v) is 8.46. The van der Waals surface area contributed by atoms with Crippen LogP contribution in [0.15, 0.2) is 66.7 Å². The second-order valence-electron chi connectivity index (χ2n) is 8.46. The third-order valence-corrected chi connectivity index (χ3v) is 6.57. The lowest BCUT2D eigenvalue weighted by atomic mass is 9.83. The minimum Gasteiger partial charge on any atom is -0.497 e. The molecule has 5 nitrogen and oxygen atoms in total.